The highest BCUT2D eigenvalue weighted by atomic mass is 16.8. The lowest BCUT2D eigenvalue weighted by atomic mass is 9.89. The summed E-state index contributed by atoms with van der Waals surface area (Å²) in [5.74, 6) is -1.11. The van der Waals surface area contributed by atoms with E-state index >= 15 is 0 Å². The number of ketones is 1. The molecule has 24 heavy (non-hydrogen) atoms. The summed E-state index contributed by atoms with van der Waals surface area (Å²) in [7, 11) is 0. The Bertz CT molecular complexity index is 638. The maximum absolute atomic E-state index is 12.3. The van der Waals surface area contributed by atoms with Crippen LogP contribution in [0.2, 0.25) is 0 Å². The Morgan fingerprint density at radius 3 is 2.58 bits per heavy atom. The molecule has 1 aromatic carbocycles. The first-order valence-corrected chi connectivity index (χ1v) is 7.91. The molecule has 0 radical (unpaired) electrons. The van der Waals surface area contributed by atoms with Crippen LogP contribution >= 0.6 is 0 Å². The van der Waals surface area contributed by atoms with E-state index in [0.29, 0.717) is 6.61 Å². The van der Waals surface area contributed by atoms with Crippen molar-refractivity contribution >= 4 is 5.78 Å². The molecular weight excluding hydrogens is 308 g/mol. The van der Waals surface area contributed by atoms with Gasteiger partial charge in [0, 0.05) is 0 Å². The SMILES string of the molecule is C=CC(=O)[C@H]1O[C@@H]2OC(C)(C)O[C@@H]2[C@]1(C=C)OCc1ccccc1. The summed E-state index contributed by atoms with van der Waals surface area (Å²) >= 11 is 0. The van der Waals surface area contributed by atoms with Crippen LogP contribution in [0.1, 0.15) is 19.4 Å². The van der Waals surface area contributed by atoms with Crippen LogP contribution in [0.3, 0.4) is 0 Å². The second kappa shape index (κ2) is 6.26. The van der Waals surface area contributed by atoms with Gasteiger partial charge in [-0.25, -0.2) is 0 Å². The largest absolute Gasteiger partial charge is 0.360 e. The Kier molecular flexibility index (Phi) is 4.44. The highest BCUT2D eigenvalue weighted by Gasteiger charge is 2.64. The van der Waals surface area contributed by atoms with Crippen LogP contribution in [-0.2, 0) is 30.3 Å². The molecule has 2 aliphatic rings. The second-order valence-electron chi connectivity index (χ2n) is 6.38. The average Bonchev–Trinajstić information content (AvgIpc) is 3.04. The van der Waals surface area contributed by atoms with E-state index in [1.54, 1.807) is 19.9 Å². The fourth-order valence-electron chi connectivity index (χ4n) is 3.14. The van der Waals surface area contributed by atoms with Crippen molar-refractivity contribution in [1.29, 1.82) is 0 Å². The highest BCUT2D eigenvalue weighted by molar-refractivity contribution is 5.94. The van der Waals surface area contributed by atoms with Crippen molar-refractivity contribution in [2.24, 2.45) is 0 Å². The van der Waals surface area contributed by atoms with E-state index in [0.717, 1.165) is 5.56 Å². The van der Waals surface area contributed by atoms with Crippen LogP contribution in [0, 0.1) is 0 Å². The molecule has 2 heterocycles. The zero-order valence-electron chi connectivity index (χ0n) is 13.9. The Hall–Kier alpha value is -1.79. The molecular formula is C19H22O5. The molecule has 0 unspecified atom stereocenters. The molecule has 0 N–H and O–H groups in total. The Morgan fingerprint density at radius 1 is 1.25 bits per heavy atom. The van der Waals surface area contributed by atoms with E-state index in [1.165, 1.54) is 6.08 Å². The van der Waals surface area contributed by atoms with Gasteiger partial charge in [-0.1, -0.05) is 43.0 Å². The first kappa shape index (κ1) is 17.0. The standard InChI is InChI=1S/C19H22O5/c1-5-14(20)15-19(6-2,21-12-13-10-8-7-9-11-13)16-17(22-15)24-18(3,4)23-16/h5-11,15-17H,1-2,12H2,3-4H3/t15-,16+,17-,19-/m1/s1. The Labute approximate surface area is 141 Å². The molecule has 2 saturated heterocycles. The van der Waals surface area contributed by atoms with E-state index in [1.807, 2.05) is 30.3 Å². The zero-order valence-corrected chi connectivity index (χ0v) is 13.9. The maximum atomic E-state index is 12.3. The number of fused-ring (bicyclic) bond motifs is 1. The summed E-state index contributed by atoms with van der Waals surface area (Å²) in [5, 5.41) is 0. The third-order valence-corrected chi connectivity index (χ3v) is 4.29. The number of carbonyl (C=O) groups excluding carboxylic acids is 1. The number of ether oxygens (including phenoxy) is 4. The van der Waals surface area contributed by atoms with Crippen LogP contribution in [0.25, 0.3) is 0 Å². The van der Waals surface area contributed by atoms with Crippen molar-refractivity contribution in [3.8, 4) is 0 Å². The fraction of sp³-hybridized carbons (Fsp3) is 0.421. The summed E-state index contributed by atoms with van der Waals surface area (Å²) in [6.07, 6.45) is 0.630. The van der Waals surface area contributed by atoms with E-state index in [-0.39, 0.29) is 5.78 Å². The summed E-state index contributed by atoms with van der Waals surface area (Å²) < 4.78 is 23.7. The van der Waals surface area contributed by atoms with Gasteiger partial charge in [-0.2, -0.15) is 0 Å². The molecule has 5 heteroatoms. The molecule has 0 saturated carbocycles. The van der Waals surface area contributed by atoms with Gasteiger partial charge >= 0.3 is 0 Å². The fourth-order valence-corrected chi connectivity index (χ4v) is 3.14. The van der Waals surface area contributed by atoms with Crippen molar-refractivity contribution in [3.05, 3.63) is 61.2 Å². The van der Waals surface area contributed by atoms with Gasteiger partial charge in [0.1, 0.15) is 6.10 Å². The molecule has 2 aliphatic heterocycles. The second-order valence-corrected chi connectivity index (χ2v) is 6.38. The summed E-state index contributed by atoms with van der Waals surface area (Å²) in [4.78, 5) is 12.3. The van der Waals surface area contributed by atoms with Crippen molar-refractivity contribution in [2.45, 2.75) is 50.3 Å². The third-order valence-electron chi connectivity index (χ3n) is 4.29. The smallest absolute Gasteiger partial charge is 0.191 e. The lowest BCUT2D eigenvalue weighted by Crippen LogP contribution is -2.52. The minimum atomic E-state index is -1.14. The molecule has 0 aliphatic carbocycles. The molecule has 1 aromatic rings. The van der Waals surface area contributed by atoms with Gasteiger partial charge in [0.15, 0.2) is 29.6 Å². The van der Waals surface area contributed by atoms with Crippen LogP contribution < -0.4 is 0 Å². The first-order chi connectivity index (χ1) is 11.4. The van der Waals surface area contributed by atoms with E-state index in [9.17, 15) is 4.79 Å². The minimum Gasteiger partial charge on any atom is -0.360 e. The molecule has 2 fully saturated rings. The first-order valence-electron chi connectivity index (χ1n) is 7.91. The van der Waals surface area contributed by atoms with E-state index < -0.39 is 29.9 Å². The van der Waals surface area contributed by atoms with Gasteiger partial charge in [0.2, 0.25) is 0 Å². The topological polar surface area (TPSA) is 54.0 Å². The summed E-state index contributed by atoms with van der Waals surface area (Å²) in [5.41, 5.74) is -0.162. The Morgan fingerprint density at radius 2 is 1.96 bits per heavy atom. The molecule has 4 atom stereocenters. The molecule has 128 valence electrons. The van der Waals surface area contributed by atoms with Crippen molar-refractivity contribution in [1.82, 2.24) is 0 Å². The predicted molar refractivity (Wildman–Crippen MR) is 88.1 cm³/mol. The van der Waals surface area contributed by atoms with E-state index in [2.05, 4.69) is 13.2 Å². The number of rotatable bonds is 6. The monoisotopic (exact) mass is 330 g/mol. The quantitative estimate of drug-likeness (QED) is 0.593. The van der Waals surface area contributed by atoms with Gasteiger partial charge in [-0.15, -0.1) is 6.58 Å². The molecule has 0 aromatic heterocycles. The van der Waals surface area contributed by atoms with Crippen LogP contribution in [0.5, 0.6) is 0 Å². The zero-order chi connectivity index (χ0) is 17.4. The van der Waals surface area contributed by atoms with Crippen LogP contribution in [-0.4, -0.2) is 35.7 Å². The number of benzene rings is 1. The minimum absolute atomic E-state index is 0.289. The van der Waals surface area contributed by atoms with Crippen molar-refractivity contribution in [3.63, 3.8) is 0 Å². The number of hydrogen-bond donors (Lipinski definition) is 0. The predicted octanol–water partition coefficient (Wildman–Crippen LogP) is 2.76. The van der Waals surface area contributed by atoms with Gasteiger partial charge < -0.3 is 18.9 Å². The van der Waals surface area contributed by atoms with Crippen molar-refractivity contribution in [2.75, 3.05) is 0 Å². The average molecular weight is 330 g/mol. The van der Waals surface area contributed by atoms with Gasteiger partial charge in [0.05, 0.1) is 6.61 Å². The third kappa shape index (κ3) is 2.84. The van der Waals surface area contributed by atoms with E-state index in [4.69, 9.17) is 18.9 Å². The van der Waals surface area contributed by atoms with Crippen LogP contribution in [0.4, 0.5) is 0 Å². The molecule has 0 spiro atoms. The summed E-state index contributed by atoms with van der Waals surface area (Å²) in [6, 6.07) is 9.69. The molecule has 0 amide bonds. The van der Waals surface area contributed by atoms with Gasteiger partial charge in [-0.3, -0.25) is 4.79 Å². The normalized spacial score (nSPS) is 33.8. The van der Waals surface area contributed by atoms with Gasteiger partial charge in [-0.05, 0) is 25.5 Å². The number of carbonyl (C=O) groups is 1. The number of hydrogen-bond acceptors (Lipinski definition) is 5. The lowest BCUT2D eigenvalue weighted by molar-refractivity contribution is -0.227. The molecule has 5 nitrogen and oxygen atoms in total. The van der Waals surface area contributed by atoms with Crippen LogP contribution in [0.15, 0.2) is 55.6 Å². The molecule has 3 rings (SSSR count). The maximum Gasteiger partial charge on any atom is 0.191 e. The summed E-state index contributed by atoms with van der Waals surface area (Å²) in [6.45, 7) is 11.3. The Balaban J connectivity index is 1.91. The molecule has 0 bridgehead atoms. The van der Waals surface area contributed by atoms with Gasteiger partial charge in [0.25, 0.3) is 0 Å². The lowest BCUT2D eigenvalue weighted by Gasteiger charge is -2.34. The highest BCUT2D eigenvalue weighted by Crippen LogP contribution is 2.46. The van der Waals surface area contributed by atoms with Crippen molar-refractivity contribution < 1.29 is 23.7 Å².